The number of aromatic nitrogens is 1. The predicted molar refractivity (Wildman–Crippen MR) is 75.6 cm³/mol. The Hall–Kier alpha value is -1.40. The van der Waals surface area contributed by atoms with Crippen LogP contribution in [0.4, 0.5) is 10.8 Å². The zero-order valence-corrected chi connectivity index (χ0v) is 12.3. The van der Waals surface area contributed by atoms with Gasteiger partial charge in [-0.2, -0.15) is 0 Å². The maximum absolute atomic E-state index is 11.3. The van der Waals surface area contributed by atoms with Crippen molar-refractivity contribution in [2.24, 2.45) is 0 Å². The van der Waals surface area contributed by atoms with Crippen molar-refractivity contribution in [1.82, 2.24) is 4.98 Å². The molecule has 94 valence electrons. The Morgan fingerprint density at radius 3 is 2.94 bits per heavy atom. The summed E-state index contributed by atoms with van der Waals surface area (Å²) in [5.41, 5.74) is 2.08. The van der Waals surface area contributed by atoms with Gasteiger partial charge in [0.25, 0.3) is 0 Å². The molecule has 1 aromatic heterocycles. The van der Waals surface area contributed by atoms with Crippen molar-refractivity contribution < 1.29 is 9.53 Å². The van der Waals surface area contributed by atoms with Gasteiger partial charge in [0.05, 0.1) is 13.3 Å². The van der Waals surface area contributed by atoms with Gasteiger partial charge in [-0.05, 0) is 24.6 Å². The number of aryl methyl sites for hydroxylation is 1. The summed E-state index contributed by atoms with van der Waals surface area (Å²) in [5.74, 6) is -0.370. The van der Waals surface area contributed by atoms with Gasteiger partial charge in [0.15, 0.2) is 5.13 Å². The van der Waals surface area contributed by atoms with Gasteiger partial charge < -0.3 is 10.1 Å². The standard InChI is InChI=1S/C12H11BrN2O2S/c1-7-3-4-8(5-9(7)13)15-12-14-6-10(18-12)11(16)17-2/h3-6H,1-2H3,(H,14,15). The average molecular weight is 327 g/mol. The quantitative estimate of drug-likeness (QED) is 0.873. The lowest BCUT2D eigenvalue weighted by Gasteiger charge is -2.04. The number of anilines is 2. The largest absolute Gasteiger partial charge is 0.465 e. The summed E-state index contributed by atoms with van der Waals surface area (Å²) in [6, 6.07) is 5.93. The Balaban J connectivity index is 2.16. The van der Waals surface area contributed by atoms with E-state index in [1.165, 1.54) is 24.6 Å². The average Bonchev–Trinajstić information content (AvgIpc) is 2.81. The highest BCUT2D eigenvalue weighted by molar-refractivity contribution is 9.10. The molecule has 0 aliphatic rings. The number of rotatable bonds is 3. The van der Waals surface area contributed by atoms with Crippen LogP contribution in [0.2, 0.25) is 0 Å². The molecule has 2 rings (SSSR count). The van der Waals surface area contributed by atoms with E-state index in [2.05, 4.69) is 31.0 Å². The summed E-state index contributed by atoms with van der Waals surface area (Å²) >= 11 is 4.73. The zero-order valence-electron chi connectivity index (χ0n) is 9.86. The van der Waals surface area contributed by atoms with Crippen molar-refractivity contribution in [2.45, 2.75) is 6.92 Å². The van der Waals surface area contributed by atoms with Crippen LogP contribution in [0.1, 0.15) is 15.2 Å². The Bertz CT molecular complexity index is 583. The van der Waals surface area contributed by atoms with Gasteiger partial charge in [-0.25, -0.2) is 9.78 Å². The lowest BCUT2D eigenvalue weighted by molar-refractivity contribution is 0.0606. The van der Waals surface area contributed by atoms with E-state index < -0.39 is 0 Å². The Morgan fingerprint density at radius 1 is 1.50 bits per heavy atom. The molecular formula is C12H11BrN2O2S. The number of hydrogen-bond donors (Lipinski definition) is 1. The van der Waals surface area contributed by atoms with E-state index in [4.69, 9.17) is 0 Å². The van der Waals surface area contributed by atoms with Crippen LogP contribution in [0.5, 0.6) is 0 Å². The second-order valence-electron chi connectivity index (χ2n) is 3.61. The van der Waals surface area contributed by atoms with Gasteiger partial charge in [0.2, 0.25) is 0 Å². The summed E-state index contributed by atoms with van der Waals surface area (Å²) < 4.78 is 5.66. The van der Waals surface area contributed by atoms with Gasteiger partial charge in [-0.1, -0.05) is 33.3 Å². The first kappa shape index (κ1) is 13.0. The van der Waals surface area contributed by atoms with Gasteiger partial charge in [-0.15, -0.1) is 0 Å². The number of carbonyl (C=O) groups excluding carboxylic acids is 1. The molecule has 1 aromatic carbocycles. The van der Waals surface area contributed by atoms with E-state index >= 15 is 0 Å². The smallest absolute Gasteiger partial charge is 0.349 e. The number of esters is 1. The zero-order chi connectivity index (χ0) is 13.1. The molecule has 2 aromatic rings. The second-order valence-corrected chi connectivity index (χ2v) is 5.50. The number of thiazole rings is 1. The summed E-state index contributed by atoms with van der Waals surface area (Å²) in [6.07, 6.45) is 1.50. The molecule has 0 fully saturated rings. The third-order valence-electron chi connectivity index (χ3n) is 2.32. The Kier molecular flexibility index (Phi) is 3.98. The van der Waals surface area contributed by atoms with Gasteiger partial charge >= 0.3 is 5.97 Å². The van der Waals surface area contributed by atoms with E-state index in [0.29, 0.717) is 10.0 Å². The molecule has 0 aliphatic heterocycles. The van der Waals surface area contributed by atoms with Crippen molar-refractivity contribution in [3.05, 3.63) is 39.3 Å². The molecule has 0 atom stereocenters. The molecule has 0 spiro atoms. The SMILES string of the molecule is COC(=O)c1cnc(Nc2ccc(C)c(Br)c2)s1. The number of benzene rings is 1. The van der Waals surface area contributed by atoms with Crippen molar-refractivity contribution in [2.75, 3.05) is 12.4 Å². The lowest BCUT2D eigenvalue weighted by atomic mass is 10.2. The van der Waals surface area contributed by atoms with Crippen LogP contribution in [0.15, 0.2) is 28.9 Å². The fraction of sp³-hybridized carbons (Fsp3) is 0.167. The van der Waals surface area contributed by atoms with Crippen molar-refractivity contribution in [3.8, 4) is 0 Å². The Labute approximate surface area is 117 Å². The van der Waals surface area contributed by atoms with Crippen LogP contribution < -0.4 is 5.32 Å². The number of methoxy groups -OCH3 is 1. The Morgan fingerprint density at radius 2 is 2.28 bits per heavy atom. The van der Waals surface area contributed by atoms with Gasteiger partial charge in [-0.3, -0.25) is 0 Å². The highest BCUT2D eigenvalue weighted by atomic mass is 79.9. The van der Waals surface area contributed by atoms with Crippen LogP contribution in [-0.4, -0.2) is 18.1 Å². The third kappa shape index (κ3) is 2.88. The maximum Gasteiger partial charge on any atom is 0.349 e. The molecule has 0 unspecified atom stereocenters. The van der Waals surface area contributed by atoms with Gasteiger partial charge in [0.1, 0.15) is 4.88 Å². The van der Waals surface area contributed by atoms with E-state index in [1.54, 1.807) is 0 Å². The summed E-state index contributed by atoms with van der Waals surface area (Å²) in [4.78, 5) is 15.9. The highest BCUT2D eigenvalue weighted by Gasteiger charge is 2.10. The molecule has 0 bridgehead atoms. The molecule has 1 heterocycles. The first-order chi connectivity index (χ1) is 8.60. The normalized spacial score (nSPS) is 10.2. The number of nitrogens with one attached hydrogen (secondary N) is 1. The van der Waals surface area contributed by atoms with E-state index in [9.17, 15) is 4.79 Å². The lowest BCUT2D eigenvalue weighted by Crippen LogP contribution is -1.96. The summed E-state index contributed by atoms with van der Waals surface area (Å²) in [6.45, 7) is 2.02. The highest BCUT2D eigenvalue weighted by Crippen LogP contribution is 2.26. The molecular weight excluding hydrogens is 316 g/mol. The monoisotopic (exact) mass is 326 g/mol. The molecule has 0 saturated carbocycles. The van der Waals surface area contributed by atoms with Crippen molar-refractivity contribution >= 4 is 44.1 Å². The molecule has 18 heavy (non-hydrogen) atoms. The number of hydrogen-bond acceptors (Lipinski definition) is 5. The molecule has 0 saturated heterocycles. The number of halogens is 1. The summed E-state index contributed by atoms with van der Waals surface area (Å²) in [5, 5.41) is 3.80. The molecule has 1 N–H and O–H groups in total. The topological polar surface area (TPSA) is 51.2 Å². The first-order valence-electron chi connectivity index (χ1n) is 5.17. The molecule has 0 aliphatic carbocycles. The third-order valence-corrected chi connectivity index (χ3v) is 4.06. The number of ether oxygens (including phenoxy) is 1. The molecule has 0 radical (unpaired) electrons. The predicted octanol–water partition coefficient (Wildman–Crippen LogP) is 3.74. The maximum atomic E-state index is 11.3. The van der Waals surface area contributed by atoms with E-state index in [-0.39, 0.29) is 5.97 Å². The van der Waals surface area contributed by atoms with Crippen LogP contribution in [-0.2, 0) is 4.74 Å². The van der Waals surface area contributed by atoms with Crippen molar-refractivity contribution in [1.29, 1.82) is 0 Å². The second kappa shape index (κ2) is 5.49. The van der Waals surface area contributed by atoms with Crippen LogP contribution in [0, 0.1) is 6.92 Å². The van der Waals surface area contributed by atoms with Crippen molar-refractivity contribution in [3.63, 3.8) is 0 Å². The minimum atomic E-state index is -0.370. The number of carbonyl (C=O) groups is 1. The van der Waals surface area contributed by atoms with Gasteiger partial charge in [0, 0.05) is 10.2 Å². The van der Waals surface area contributed by atoms with Crippen LogP contribution >= 0.6 is 27.3 Å². The van der Waals surface area contributed by atoms with E-state index in [0.717, 1.165) is 15.7 Å². The molecule has 4 nitrogen and oxygen atoms in total. The van der Waals surface area contributed by atoms with E-state index in [1.807, 2.05) is 25.1 Å². The minimum absolute atomic E-state index is 0.370. The van der Waals surface area contributed by atoms with Crippen LogP contribution in [0.25, 0.3) is 0 Å². The molecule has 6 heteroatoms. The number of nitrogens with zero attached hydrogens (tertiary/aromatic N) is 1. The molecule has 0 amide bonds. The van der Waals surface area contributed by atoms with Crippen LogP contribution in [0.3, 0.4) is 0 Å². The fourth-order valence-electron chi connectivity index (χ4n) is 1.32. The summed E-state index contributed by atoms with van der Waals surface area (Å²) in [7, 11) is 1.35. The minimum Gasteiger partial charge on any atom is -0.465 e. The first-order valence-corrected chi connectivity index (χ1v) is 6.78. The fourth-order valence-corrected chi connectivity index (χ4v) is 2.45.